The Kier molecular flexibility index (Phi) is 6.56. The Balaban J connectivity index is 1.43. The van der Waals surface area contributed by atoms with Crippen LogP contribution in [0.25, 0.3) is 0 Å². The van der Waals surface area contributed by atoms with E-state index in [-0.39, 0.29) is 18.2 Å². The molecule has 0 spiro atoms. The highest BCUT2D eigenvalue weighted by molar-refractivity contribution is 5.70. The maximum Gasteiger partial charge on any atom is 0.573 e. The summed E-state index contributed by atoms with van der Waals surface area (Å²) in [5, 5.41) is 0. The Labute approximate surface area is 191 Å². The Morgan fingerprint density at radius 2 is 2.00 bits per heavy atom. The highest BCUT2D eigenvalue weighted by atomic mass is 19.4. The number of carbonyl (C=O) groups excluding carboxylic acids is 1. The quantitative estimate of drug-likeness (QED) is 0.585. The molecule has 33 heavy (non-hydrogen) atoms. The average Bonchev–Trinajstić information content (AvgIpc) is 3.02. The van der Waals surface area contributed by atoms with E-state index in [1.807, 2.05) is 0 Å². The Hall–Kier alpha value is -2.75. The first-order valence-electron chi connectivity index (χ1n) is 11.1. The summed E-state index contributed by atoms with van der Waals surface area (Å²) >= 11 is 0. The molecular weight excluding hydrogens is 437 g/mol. The van der Waals surface area contributed by atoms with Crippen molar-refractivity contribution in [1.29, 1.82) is 0 Å². The number of benzene rings is 1. The molecule has 10 heteroatoms. The molecule has 2 fully saturated rings. The van der Waals surface area contributed by atoms with Crippen LogP contribution in [0.4, 0.5) is 18.0 Å². The monoisotopic (exact) mass is 466 g/mol. The molecule has 1 saturated heterocycles. The number of hydrogen-bond donors (Lipinski definition) is 0. The van der Waals surface area contributed by atoms with E-state index < -0.39 is 12.5 Å². The molecule has 1 amide bonds. The number of amides is 1. The van der Waals surface area contributed by atoms with Gasteiger partial charge >= 0.3 is 12.5 Å². The molecule has 1 saturated carbocycles. The summed E-state index contributed by atoms with van der Waals surface area (Å²) in [5.74, 6) is 1.91. The Bertz CT molecular complexity index is 966. The molecule has 1 aromatic carbocycles. The highest BCUT2D eigenvalue weighted by Gasteiger charge is 2.56. The summed E-state index contributed by atoms with van der Waals surface area (Å²) in [7, 11) is 1.77. The molecule has 180 valence electrons. The minimum absolute atomic E-state index is 0.117. The normalized spacial score (nSPS) is 22.3. The van der Waals surface area contributed by atoms with Gasteiger partial charge in [0, 0.05) is 39.8 Å². The second kappa shape index (κ2) is 9.24. The zero-order valence-electron chi connectivity index (χ0n) is 19.0. The van der Waals surface area contributed by atoms with E-state index in [0.29, 0.717) is 35.8 Å². The van der Waals surface area contributed by atoms with Crippen LogP contribution < -0.4 is 9.47 Å². The predicted molar refractivity (Wildman–Crippen MR) is 115 cm³/mol. The number of imidazole rings is 1. The van der Waals surface area contributed by atoms with Gasteiger partial charge in [0.05, 0.1) is 12.5 Å². The molecule has 2 unspecified atom stereocenters. The van der Waals surface area contributed by atoms with E-state index in [0.717, 1.165) is 19.6 Å². The number of likely N-dealkylation sites (tertiary alicyclic amines) is 1. The Morgan fingerprint density at radius 3 is 2.61 bits per heavy atom. The molecule has 0 bridgehead atoms. The second-order valence-corrected chi connectivity index (χ2v) is 9.43. The first kappa shape index (κ1) is 23.4. The number of ether oxygens (including phenoxy) is 2. The van der Waals surface area contributed by atoms with Crippen LogP contribution in [0.5, 0.6) is 11.6 Å². The number of rotatable bonds is 8. The van der Waals surface area contributed by atoms with Crippen molar-refractivity contribution in [2.75, 3.05) is 26.2 Å². The predicted octanol–water partition coefficient (Wildman–Crippen LogP) is 4.15. The molecule has 4 rings (SSSR count). The molecule has 1 aromatic heterocycles. The fourth-order valence-electron chi connectivity index (χ4n) is 4.79. The van der Waals surface area contributed by atoms with Crippen LogP contribution in [0.15, 0.2) is 36.8 Å². The van der Waals surface area contributed by atoms with E-state index in [9.17, 15) is 18.0 Å². The van der Waals surface area contributed by atoms with E-state index >= 15 is 0 Å². The van der Waals surface area contributed by atoms with Crippen molar-refractivity contribution < 1.29 is 27.4 Å². The molecule has 1 aliphatic carbocycles. The molecule has 0 N–H and O–H groups in total. The number of fused-ring (bicyclic) bond motifs is 1. The van der Waals surface area contributed by atoms with Gasteiger partial charge in [0.25, 0.3) is 0 Å². The van der Waals surface area contributed by atoms with Gasteiger partial charge in [0.15, 0.2) is 0 Å². The van der Waals surface area contributed by atoms with Crippen molar-refractivity contribution in [2.45, 2.75) is 26.8 Å². The standard InChI is InChI=1S/C23H29F3N4O3/c1-15(2)8-29-10-18-19(11-29)20(18)12-30(22(31)32-21-13-28(3)14-27-21)9-16-5-4-6-17(7-16)33-23(24,25)26/h4-7,13-15,18-20H,8-12H2,1-3H3. The molecule has 7 nitrogen and oxygen atoms in total. The first-order valence-corrected chi connectivity index (χ1v) is 11.1. The molecule has 2 aromatic rings. The van der Waals surface area contributed by atoms with Crippen LogP contribution in [0.1, 0.15) is 19.4 Å². The molecular formula is C23H29F3N4O3. The number of aromatic nitrogens is 2. The van der Waals surface area contributed by atoms with Crippen LogP contribution >= 0.6 is 0 Å². The summed E-state index contributed by atoms with van der Waals surface area (Å²) in [6, 6.07) is 5.69. The van der Waals surface area contributed by atoms with Crippen molar-refractivity contribution in [1.82, 2.24) is 19.4 Å². The van der Waals surface area contributed by atoms with Crippen molar-refractivity contribution in [3.63, 3.8) is 0 Å². The van der Waals surface area contributed by atoms with Crippen molar-refractivity contribution >= 4 is 6.09 Å². The number of halogens is 3. The Morgan fingerprint density at radius 1 is 1.27 bits per heavy atom. The lowest BCUT2D eigenvalue weighted by Gasteiger charge is -2.25. The molecule has 0 radical (unpaired) electrons. The number of alkyl halides is 3. The van der Waals surface area contributed by atoms with Gasteiger partial charge in [-0.2, -0.15) is 0 Å². The van der Waals surface area contributed by atoms with Gasteiger partial charge in [-0.3, -0.25) is 0 Å². The van der Waals surface area contributed by atoms with Gasteiger partial charge < -0.3 is 23.8 Å². The summed E-state index contributed by atoms with van der Waals surface area (Å²) in [6.07, 6.45) is -2.23. The van der Waals surface area contributed by atoms with Gasteiger partial charge in [-0.15, -0.1) is 13.2 Å². The van der Waals surface area contributed by atoms with Crippen LogP contribution in [-0.4, -0.2) is 58.0 Å². The third kappa shape index (κ3) is 6.19. The number of carbonyl (C=O) groups is 1. The lowest BCUT2D eigenvalue weighted by atomic mass is 10.1. The van der Waals surface area contributed by atoms with Crippen molar-refractivity contribution in [3.8, 4) is 11.6 Å². The van der Waals surface area contributed by atoms with E-state index in [4.69, 9.17) is 4.74 Å². The summed E-state index contributed by atoms with van der Waals surface area (Å²) in [4.78, 5) is 21.0. The molecule has 2 aliphatic rings. The minimum atomic E-state index is -4.77. The number of aryl methyl sites for hydroxylation is 1. The number of hydrogen-bond acceptors (Lipinski definition) is 5. The number of piperidine rings is 1. The third-order valence-electron chi connectivity index (χ3n) is 6.14. The maximum absolute atomic E-state index is 13.0. The summed E-state index contributed by atoms with van der Waals surface area (Å²) in [5.41, 5.74) is 0.530. The molecule has 2 heterocycles. The third-order valence-corrected chi connectivity index (χ3v) is 6.14. The lowest BCUT2D eigenvalue weighted by molar-refractivity contribution is -0.274. The fraction of sp³-hybridized carbons (Fsp3) is 0.565. The summed E-state index contributed by atoms with van der Waals surface area (Å²) < 4.78 is 49.0. The molecule has 2 atom stereocenters. The van der Waals surface area contributed by atoms with E-state index in [2.05, 4.69) is 28.5 Å². The summed E-state index contributed by atoms with van der Waals surface area (Å²) in [6.45, 7) is 8.11. The second-order valence-electron chi connectivity index (χ2n) is 9.43. The lowest BCUT2D eigenvalue weighted by Crippen LogP contribution is -2.37. The van der Waals surface area contributed by atoms with Gasteiger partial charge in [-0.25, -0.2) is 9.78 Å². The van der Waals surface area contributed by atoms with Crippen LogP contribution in [-0.2, 0) is 13.6 Å². The van der Waals surface area contributed by atoms with Crippen molar-refractivity contribution in [2.24, 2.45) is 30.7 Å². The van der Waals surface area contributed by atoms with E-state index in [1.165, 1.54) is 24.5 Å². The smallest absolute Gasteiger partial charge is 0.406 e. The first-order chi connectivity index (χ1) is 15.6. The zero-order valence-corrected chi connectivity index (χ0v) is 19.0. The minimum Gasteiger partial charge on any atom is -0.406 e. The van der Waals surface area contributed by atoms with Crippen LogP contribution in [0.2, 0.25) is 0 Å². The van der Waals surface area contributed by atoms with Crippen molar-refractivity contribution in [3.05, 3.63) is 42.4 Å². The van der Waals surface area contributed by atoms with Gasteiger partial charge in [0.1, 0.15) is 5.75 Å². The average molecular weight is 467 g/mol. The van der Waals surface area contributed by atoms with Gasteiger partial charge in [0.2, 0.25) is 5.88 Å². The largest absolute Gasteiger partial charge is 0.573 e. The topological polar surface area (TPSA) is 59.8 Å². The van der Waals surface area contributed by atoms with E-state index in [1.54, 1.807) is 28.8 Å². The number of nitrogens with zero attached hydrogens (tertiary/aromatic N) is 4. The molecule has 1 aliphatic heterocycles. The zero-order chi connectivity index (χ0) is 23.8. The SMILES string of the molecule is CC(C)CN1CC2C(C1)C2CN(Cc1cccc(OC(F)(F)F)c1)C(=O)Oc1cn(C)cn1. The highest BCUT2D eigenvalue weighted by Crippen LogP contribution is 2.52. The van der Waals surface area contributed by atoms with Crippen LogP contribution in [0.3, 0.4) is 0 Å². The van der Waals surface area contributed by atoms with Gasteiger partial charge in [-0.1, -0.05) is 26.0 Å². The van der Waals surface area contributed by atoms with Crippen LogP contribution in [0, 0.1) is 23.7 Å². The maximum atomic E-state index is 13.0. The fourth-order valence-corrected chi connectivity index (χ4v) is 4.79. The van der Waals surface area contributed by atoms with Gasteiger partial charge in [-0.05, 0) is 41.4 Å².